The molecule has 23 heavy (non-hydrogen) atoms. The van der Waals surface area contributed by atoms with Crippen LogP contribution in [-0.4, -0.2) is 25.6 Å². The van der Waals surface area contributed by atoms with Crippen LogP contribution in [0.25, 0.3) is 10.2 Å². The second-order valence-corrected chi connectivity index (χ2v) is 9.74. The number of nitrogens with zero attached hydrogens (tertiary/aromatic N) is 1. The highest BCUT2D eigenvalue weighted by Gasteiger charge is 2.43. The molecule has 0 spiro atoms. The summed E-state index contributed by atoms with van der Waals surface area (Å²) in [5.41, 5.74) is 0.714. The molecule has 1 N–H and O–H groups in total. The summed E-state index contributed by atoms with van der Waals surface area (Å²) >= 11 is 1.33. The Balaban J connectivity index is 1.56. The Morgan fingerprint density at radius 1 is 1.30 bits per heavy atom. The number of anilines is 1. The number of nitrogens with one attached hydrogen (secondary N) is 1. The molecule has 2 saturated carbocycles. The molecule has 0 radical (unpaired) electrons. The number of hydrogen-bond acceptors (Lipinski definition) is 5. The van der Waals surface area contributed by atoms with E-state index < -0.39 is 9.84 Å². The summed E-state index contributed by atoms with van der Waals surface area (Å²) in [6, 6.07) is 4.86. The molecule has 2 bridgehead atoms. The monoisotopic (exact) mass is 350 g/mol. The van der Waals surface area contributed by atoms with E-state index in [4.69, 9.17) is 0 Å². The SMILES string of the molecule is CS(=O)(=O)c1ccc2nc(NC(=O)C3CC4CCC3C4)sc2c1. The maximum absolute atomic E-state index is 12.5. The lowest BCUT2D eigenvalue weighted by Gasteiger charge is -2.19. The predicted molar refractivity (Wildman–Crippen MR) is 90.3 cm³/mol. The fourth-order valence-electron chi connectivity index (χ4n) is 3.95. The minimum absolute atomic E-state index is 0.0691. The van der Waals surface area contributed by atoms with Crippen molar-refractivity contribution in [1.29, 1.82) is 0 Å². The molecule has 2 fully saturated rings. The van der Waals surface area contributed by atoms with Crippen LogP contribution in [0.4, 0.5) is 5.13 Å². The Morgan fingerprint density at radius 3 is 2.78 bits per heavy atom. The number of benzene rings is 1. The van der Waals surface area contributed by atoms with Crippen LogP contribution in [0.5, 0.6) is 0 Å². The minimum atomic E-state index is -3.24. The minimum Gasteiger partial charge on any atom is -0.302 e. The molecule has 1 aromatic carbocycles. The zero-order valence-electron chi connectivity index (χ0n) is 12.8. The van der Waals surface area contributed by atoms with Gasteiger partial charge in [0.25, 0.3) is 0 Å². The summed E-state index contributed by atoms with van der Waals surface area (Å²) in [6.45, 7) is 0. The van der Waals surface area contributed by atoms with Gasteiger partial charge in [-0.25, -0.2) is 13.4 Å². The van der Waals surface area contributed by atoms with E-state index in [9.17, 15) is 13.2 Å². The first-order chi connectivity index (χ1) is 10.9. The number of thiazole rings is 1. The van der Waals surface area contributed by atoms with Gasteiger partial charge in [0.15, 0.2) is 15.0 Å². The highest BCUT2D eigenvalue weighted by Crippen LogP contribution is 2.48. The lowest BCUT2D eigenvalue weighted by atomic mass is 9.88. The molecular formula is C16H18N2O3S2. The lowest BCUT2D eigenvalue weighted by molar-refractivity contribution is -0.121. The number of carbonyl (C=O) groups excluding carboxylic acids is 1. The summed E-state index contributed by atoms with van der Waals surface area (Å²) in [7, 11) is -3.24. The molecule has 3 unspecified atom stereocenters. The van der Waals surface area contributed by atoms with E-state index >= 15 is 0 Å². The molecule has 0 saturated heterocycles. The highest BCUT2D eigenvalue weighted by atomic mass is 32.2. The first-order valence-corrected chi connectivity index (χ1v) is 10.5. The van der Waals surface area contributed by atoms with Gasteiger partial charge in [-0.15, -0.1) is 0 Å². The van der Waals surface area contributed by atoms with Gasteiger partial charge in [0.05, 0.1) is 15.1 Å². The largest absolute Gasteiger partial charge is 0.302 e. The van der Waals surface area contributed by atoms with Crippen LogP contribution >= 0.6 is 11.3 Å². The first kappa shape index (κ1) is 15.1. The molecule has 7 heteroatoms. The van der Waals surface area contributed by atoms with E-state index in [0.29, 0.717) is 16.6 Å². The predicted octanol–water partition coefficient (Wildman–Crippen LogP) is 3.07. The molecule has 5 nitrogen and oxygen atoms in total. The molecule has 122 valence electrons. The van der Waals surface area contributed by atoms with Crippen LogP contribution < -0.4 is 5.32 Å². The molecule has 2 aromatic rings. The van der Waals surface area contributed by atoms with E-state index in [-0.39, 0.29) is 16.7 Å². The Hall–Kier alpha value is -1.47. The summed E-state index contributed by atoms with van der Waals surface area (Å²) in [6.07, 6.45) is 5.81. The maximum Gasteiger partial charge on any atom is 0.229 e. The lowest BCUT2D eigenvalue weighted by Crippen LogP contribution is -2.27. The maximum atomic E-state index is 12.5. The Morgan fingerprint density at radius 2 is 2.13 bits per heavy atom. The number of rotatable bonds is 3. The normalized spacial score (nSPS) is 26.7. The van der Waals surface area contributed by atoms with E-state index in [1.807, 2.05) is 0 Å². The third-order valence-corrected chi connectivity index (χ3v) is 7.14. The molecule has 3 atom stereocenters. The van der Waals surface area contributed by atoms with Gasteiger partial charge in [0.1, 0.15) is 0 Å². The van der Waals surface area contributed by atoms with Crippen molar-refractivity contribution in [3.8, 4) is 0 Å². The summed E-state index contributed by atoms with van der Waals surface area (Å²) in [4.78, 5) is 17.1. The number of hydrogen-bond donors (Lipinski definition) is 1. The van der Waals surface area contributed by atoms with E-state index in [0.717, 1.165) is 17.0 Å². The Bertz CT molecular complexity index is 888. The number of carbonyl (C=O) groups is 1. The van der Waals surface area contributed by atoms with Crippen LogP contribution in [0, 0.1) is 17.8 Å². The molecule has 1 amide bonds. The van der Waals surface area contributed by atoms with Gasteiger partial charge in [0, 0.05) is 12.2 Å². The highest BCUT2D eigenvalue weighted by molar-refractivity contribution is 7.90. The zero-order chi connectivity index (χ0) is 16.2. The van der Waals surface area contributed by atoms with Crippen LogP contribution in [0.3, 0.4) is 0 Å². The Kier molecular flexibility index (Phi) is 3.46. The number of fused-ring (bicyclic) bond motifs is 3. The van der Waals surface area contributed by atoms with E-state index in [2.05, 4.69) is 10.3 Å². The van der Waals surface area contributed by atoms with Crippen LogP contribution in [0.15, 0.2) is 23.1 Å². The van der Waals surface area contributed by atoms with E-state index in [1.165, 1.54) is 36.9 Å². The topological polar surface area (TPSA) is 76.1 Å². The average Bonchev–Trinajstić information content (AvgIpc) is 3.19. The number of amides is 1. The summed E-state index contributed by atoms with van der Waals surface area (Å²) in [5.74, 6) is 1.45. The Labute approximate surface area is 139 Å². The average molecular weight is 350 g/mol. The second kappa shape index (κ2) is 5.27. The van der Waals surface area contributed by atoms with Crippen molar-refractivity contribution < 1.29 is 13.2 Å². The van der Waals surface area contributed by atoms with Crippen molar-refractivity contribution >= 4 is 42.4 Å². The smallest absolute Gasteiger partial charge is 0.229 e. The fourth-order valence-corrected chi connectivity index (χ4v) is 5.58. The summed E-state index contributed by atoms with van der Waals surface area (Å²) in [5, 5.41) is 3.49. The van der Waals surface area contributed by atoms with E-state index in [1.54, 1.807) is 18.2 Å². The van der Waals surface area contributed by atoms with Gasteiger partial charge in [0.2, 0.25) is 5.91 Å². The first-order valence-electron chi connectivity index (χ1n) is 7.81. The molecule has 4 rings (SSSR count). The molecule has 1 aromatic heterocycles. The quantitative estimate of drug-likeness (QED) is 0.923. The van der Waals surface area contributed by atoms with Gasteiger partial charge >= 0.3 is 0 Å². The second-order valence-electron chi connectivity index (χ2n) is 6.69. The van der Waals surface area contributed by atoms with Gasteiger partial charge in [-0.2, -0.15) is 0 Å². The van der Waals surface area contributed by atoms with Crippen LogP contribution in [0.2, 0.25) is 0 Å². The number of aromatic nitrogens is 1. The van der Waals surface area contributed by atoms with Crippen molar-refractivity contribution in [1.82, 2.24) is 4.98 Å². The van der Waals surface area contributed by atoms with Crippen molar-refractivity contribution in [3.63, 3.8) is 0 Å². The van der Waals surface area contributed by atoms with Crippen LogP contribution in [-0.2, 0) is 14.6 Å². The van der Waals surface area contributed by atoms with Crippen molar-refractivity contribution in [2.24, 2.45) is 17.8 Å². The van der Waals surface area contributed by atoms with Gasteiger partial charge in [-0.3, -0.25) is 4.79 Å². The zero-order valence-corrected chi connectivity index (χ0v) is 14.4. The van der Waals surface area contributed by atoms with Crippen molar-refractivity contribution in [3.05, 3.63) is 18.2 Å². The third-order valence-electron chi connectivity index (χ3n) is 5.09. The van der Waals surface area contributed by atoms with Crippen molar-refractivity contribution in [2.75, 3.05) is 11.6 Å². The van der Waals surface area contributed by atoms with Crippen molar-refractivity contribution in [2.45, 2.75) is 30.6 Å². The fraction of sp³-hybridized carbons (Fsp3) is 0.500. The molecular weight excluding hydrogens is 332 g/mol. The van der Waals surface area contributed by atoms with Gasteiger partial charge in [-0.05, 0) is 49.3 Å². The summed E-state index contributed by atoms with van der Waals surface area (Å²) < 4.78 is 24.0. The standard InChI is InChI=1S/C16H18N2O3S2/c1-23(20,21)11-4-5-13-14(8-11)22-16(17-13)18-15(19)12-7-9-2-3-10(12)6-9/h4-5,8-10,12H,2-3,6-7H2,1H3,(H,17,18,19). The van der Waals surface area contributed by atoms with Gasteiger partial charge in [-0.1, -0.05) is 17.8 Å². The molecule has 0 aliphatic heterocycles. The number of sulfone groups is 1. The van der Waals surface area contributed by atoms with Gasteiger partial charge < -0.3 is 5.32 Å². The van der Waals surface area contributed by atoms with Crippen LogP contribution in [0.1, 0.15) is 25.7 Å². The molecule has 2 aliphatic rings. The molecule has 2 aliphatic carbocycles. The molecule has 1 heterocycles. The third kappa shape index (κ3) is 2.76.